The third kappa shape index (κ3) is 4.78. The van der Waals surface area contributed by atoms with Crippen LogP contribution in [0.3, 0.4) is 0 Å². The van der Waals surface area contributed by atoms with Crippen LogP contribution in [0, 0.1) is 0 Å². The monoisotopic (exact) mass is 327 g/mol. The van der Waals surface area contributed by atoms with Crippen LogP contribution in [-0.2, 0) is 6.42 Å². The zero-order valence-electron chi connectivity index (χ0n) is 11.5. The van der Waals surface area contributed by atoms with Crippen molar-refractivity contribution in [2.24, 2.45) is 0 Å². The Bertz CT molecular complexity index is 522. The van der Waals surface area contributed by atoms with E-state index in [-0.39, 0.29) is 0 Å². The van der Waals surface area contributed by atoms with Gasteiger partial charge in [-0.2, -0.15) is 0 Å². The van der Waals surface area contributed by atoms with Gasteiger partial charge in [-0.15, -0.1) is 11.3 Å². The van der Waals surface area contributed by atoms with Crippen LogP contribution in [-0.4, -0.2) is 13.1 Å². The number of thiophene rings is 1. The predicted octanol–water partition coefficient (Wildman–Crippen LogP) is 5.38. The van der Waals surface area contributed by atoms with Crippen molar-refractivity contribution in [1.82, 2.24) is 5.32 Å². The van der Waals surface area contributed by atoms with Crippen LogP contribution in [0.15, 0.2) is 36.4 Å². The van der Waals surface area contributed by atoms with Crippen molar-refractivity contribution in [3.8, 4) is 0 Å². The van der Waals surface area contributed by atoms with Gasteiger partial charge in [-0.25, -0.2) is 0 Å². The third-order valence-electron chi connectivity index (χ3n) is 3.24. The fourth-order valence-corrected chi connectivity index (χ4v) is 3.49. The van der Waals surface area contributed by atoms with Crippen LogP contribution in [0.1, 0.15) is 29.7 Å². The van der Waals surface area contributed by atoms with Crippen LogP contribution in [0.5, 0.6) is 0 Å². The zero-order valence-corrected chi connectivity index (χ0v) is 13.9. The summed E-state index contributed by atoms with van der Waals surface area (Å²) in [6.45, 7) is 4.21. The molecule has 1 unspecified atom stereocenters. The SMILES string of the molecule is CCCNCC(Cc1ccc(Cl)s1)c1ccc(Cl)cc1. The third-order valence-corrected chi connectivity index (χ3v) is 4.74. The first kappa shape index (κ1) is 15.8. The van der Waals surface area contributed by atoms with E-state index < -0.39 is 0 Å². The summed E-state index contributed by atoms with van der Waals surface area (Å²) in [5.74, 6) is 0.452. The largest absolute Gasteiger partial charge is 0.316 e. The van der Waals surface area contributed by atoms with E-state index in [1.54, 1.807) is 11.3 Å². The highest BCUT2D eigenvalue weighted by Crippen LogP contribution is 2.28. The van der Waals surface area contributed by atoms with Gasteiger partial charge in [0.1, 0.15) is 0 Å². The van der Waals surface area contributed by atoms with Crippen molar-refractivity contribution in [3.63, 3.8) is 0 Å². The molecule has 0 aliphatic rings. The topological polar surface area (TPSA) is 12.0 Å². The van der Waals surface area contributed by atoms with Gasteiger partial charge < -0.3 is 5.32 Å². The molecule has 1 heterocycles. The minimum absolute atomic E-state index is 0.452. The van der Waals surface area contributed by atoms with Crippen molar-refractivity contribution in [2.75, 3.05) is 13.1 Å². The summed E-state index contributed by atoms with van der Waals surface area (Å²) in [5.41, 5.74) is 1.32. The molecule has 4 heteroatoms. The molecule has 0 aliphatic heterocycles. The summed E-state index contributed by atoms with van der Waals surface area (Å²) in [4.78, 5) is 1.33. The van der Waals surface area contributed by atoms with Gasteiger partial charge in [-0.05, 0) is 49.2 Å². The molecule has 0 radical (unpaired) electrons. The summed E-state index contributed by atoms with van der Waals surface area (Å²) in [6, 6.07) is 12.3. The average molecular weight is 328 g/mol. The van der Waals surface area contributed by atoms with Crippen LogP contribution in [0.2, 0.25) is 9.36 Å². The second-order valence-corrected chi connectivity index (χ2v) is 7.10. The Hall–Kier alpha value is -0.540. The van der Waals surface area contributed by atoms with Gasteiger partial charge in [0.2, 0.25) is 0 Å². The number of benzene rings is 1. The van der Waals surface area contributed by atoms with E-state index >= 15 is 0 Å². The fraction of sp³-hybridized carbons (Fsp3) is 0.375. The molecule has 0 saturated carbocycles. The van der Waals surface area contributed by atoms with E-state index in [0.29, 0.717) is 5.92 Å². The molecule has 2 aromatic rings. The van der Waals surface area contributed by atoms with Crippen molar-refractivity contribution in [1.29, 1.82) is 0 Å². The maximum Gasteiger partial charge on any atom is 0.0931 e. The maximum atomic E-state index is 6.02. The van der Waals surface area contributed by atoms with Crippen molar-refractivity contribution >= 4 is 34.5 Å². The highest BCUT2D eigenvalue weighted by atomic mass is 35.5. The van der Waals surface area contributed by atoms with Crippen molar-refractivity contribution in [2.45, 2.75) is 25.7 Å². The van der Waals surface area contributed by atoms with Crippen LogP contribution < -0.4 is 5.32 Å². The summed E-state index contributed by atoms with van der Waals surface area (Å²) in [5, 5.41) is 4.30. The lowest BCUT2D eigenvalue weighted by molar-refractivity contribution is 0.579. The van der Waals surface area contributed by atoms with E-state index in [0.717, 1.165) is 35.3 Å². The lowest BCUT2D eigenvalue weighted by atomic mass is 9.95. The second kappa shape index (κ2) is 8.04. The Morgan fingerprint density at radius 2 is 1.85 bits per heavy atom. The molecular weight excluding hydrogens is 309 g/mol. The van der Waals surface area contributed by atoms with Gasteiger partial charge in [0.05, 0.1) is 4.34 Å². The molecule has 1 N–H and O–H groups in total. The molecule has 20 heavy (non-hydrogen) atoms. The Balaban J connectivity index is 2.09. The highest BCUT2D eigenvalue weighted by Gasteiger charge is 2.13. The van der Waals surface area contributed by atoms with Crippen LogP contribution in [0.25, 0.3) is 0 Å². The van der Waals surface area contributed by atoms with Gasteiger partial charge in [0.25, 0.3) is 0 Å². The molecule has 108 valence electrons. The normalized spacial score (nSPS) is 12.6. The standard InChI is InChI=1S/C16H19Cl2NS/c1-2-9-19-11-13(10-15-7-8-16(18)20-15)12-3-5-14(17)6-4-12/h3-8,13,19H,2,9-11H2,1H3. The van der Waals surface area contributed by atoms with Gasteiger partial charge in [0, 0.05) is 22.4 Å². The Morgan fingerprint density at radius 3 is 2.45 bits per heavy atom. The maximum absolute atomic E-state index is 6.02. The second-order valence-electron chi connectivity index (χ2n) is 4.86. The lowest BCUT2D eigenvalue weighted by Crippen LogP contribution is -2.23. The molecule has 0 spiro atoms. The molecule has 0 saturated heterocycles. The summed E-state index contributed by atoms with van der Waals surface area (Å²) in [7, 11) is 0. The molecule has 0 fully saturated rings. The van der Waals surface area contributed by atoms with E-state index in [4.69, 9.17) is 23.2 Å². The zero-order chi connectivity index (χ0) is 14.4. The quantitative estimate of drug-likeness (QED) is 0.673. The molecular formula is C16H19Cl2NS. The van der Waals surface area contributed by atoms with E-state index in [1.807, 2.05) is 18.2 Å². The van der Waals surface area contributed by atoms with Crippen molar-refractivity contribution in [3.05, 3.63) is 56.2 Å². The van der Waals surface area contributed by atoms with Crippen molar-refractivity contribution < 1.29 is 0 Å². The van der Waals surface area contributed by atoms with Gasteiger partial charge in [-0.3, -0.25) is 0 Å². The first-order valence-electron chi connectivity index (χ1n) is 6.89. The molecule has 0 aliphatic carbocycles. The predicted molar refractivity (Wildman–Crippen MR) is 90.4 cm³/mol. The van der Waals surface area contributed by atoms with Crippen LogP contribution in [0.4, 0.5) is 0 Å². The smallest absolute Gasteiger partial charge is 0.0931 e. The van der Waals surface area contributed by atoms with Gasteiger partial charge in [0.15, 0.2) is 0 Å². The van der Waals surface area contributed by atoms with E-state index in [1.165, 1.54) is 10.4 Å². The Morgan fingerprint density at radius 1 is 1.10 bits per heavy atom. The number of rotatable bonds is 7. The molecule has 2 rings (SSSR count). The fourth-order valence-electron chi connectivity index (χ4n) is 2.20. The summed E-state index contributed by atoms with van der Waals surface area (Å²) >= 11 is 13.7. The van der Waals surface area contributed by atoms with E-state index in [2.05, 4.69) is 30.4 Å². The Kier molecular flexibility index (Phi) is 6.37. The minimum Gasteiger partial charge on any atom is -0.316 e. The first-order valence-corrected chi connectivity index (χ1v) is 8.46. The van der Waals surface area contributed by atoms with E-state index in [9.17, 15) is 0 Å². The summed E-state index contributed by atoms with van der Waals surface area (Å²) < 4.78 is 0.858. The molecule has 0 bridgehead atoms. The molecule has 1 aromatic carbocycles. The first-order chi connectivity index (χ1) is 9.69. The molecule has 1 aromatic heterocycles. The van der Waals surface area contributed by atoms with Gasteiger partial charge >= 0.3 is 0 Å². The summed E-state index contributed by atoms with van der Waals surface area (Å²) in [6.07, 6.45) is 2.16. The lowest BCUT2D eigenvalue weighted by Gasteiger charge is -2.17. The number of hydrogen-bond donors (Lipinski definition) is 1. The minimum atomic E-state index is 0.452. The van der Waals surface area contributed by atoms with Crippen LogP contribution >= 0.6 is 34.5 Å². The van der Waals surface area contributed by atoms with Gasteiger partial charge in [-0.1, -0.05) is 42.3 Å². The molecule has 0 amide bonds. The molecule has 1 nitrogen and oxygen atoms in total. The number of hydrogen-bond acceptors (Lipinski definition) is 2. The Labute approximate surface area is 134 Å². The number of nitrogens with one attached hydrogen (secondary N) is 1. The highest BCUT2D eigenvalue weighted by molar-refractivity contribution is 7.16. The molecule has 1 atom stereocenters. The number of halogens is 2. The average Bonchev–Trinajstić information content (AvgIpc) is 2.84.